The Labute approximate surface area is 172 Å². The molecule has 0 aromatic heterocycles. The molecule has 7 nitrogen and oxygen atoms in total. The number of guanidine groups is 1. The molecule has 1 amide bonds. The molecule has 0 atom stereocenters. The second-order valence-corrected chi connectivity index (χ2v) is 5.78. The molecule has 0 unspecified atom stereocenters. The van der Waals surface area contributed by atoms with Crippen molar-refractivity contribution in [2.45, 2.75) is 26.3 Å². The van der Waals surface area contributed by atoms with Gasteiger partial charge in [-0.15, -0.1) is 24.0 Å². The third-order valence-electron chi connectivity index (χ3n) is 3.52. The molecule has 0 saturated carbocycles. The molecule has 0 aliphatic carbocycles. The fourth-order valence-electron chi connectivity index (χ4n) is 1.91. The highest BCUT2D eigenvalue weighted by Gasteiger charge is 2.06. The van der Waals surface area contributed by atoms with Crippen LogP contribution in [-0.4, -0.2) is 57.0 Å². The largest absolute Gasteiger partial charge is 0.465 e. The molecule has 0 bridgehead atoms. The van der Waals surface area contributed by atoms with Crippen LogP contribution >= 0.6 is 24.0 Å². The van der Waals surface area contributed by atoms with Crippen molar-refractivity contribution < 1.29 is 14.3 Å². The Hall–Kier alpha value is -1.84. The zero-order valence-electron chi connectivity index (χ0n) is 15.9. The van der Waals surface area contributed by atoms with Gasteiger partial charge < -0.3 is 20.3 Å². The van der Waals surface area contributed by atoms with Crippen LogP contribution in [0, 0.1) is 0 Å². The number of nitrogens with one attached hydrogen (secondary N) is 2. The van der Waals surface area contributed by atoms with Gasteiger partial charge in [0.15, 0.2) is 5.96 Å². The number of nitrogens with zero attached hydrogens (tertiary/aromatic N) is 2. The monoisotopic (exact) mass is 476 g/mol. The van der Waals surface area contributed by atoms with Crippen molar-refractivity contribution in [1.29, 1.82) is 0 Å². The first kappa shape index (κ1) is 24.2. The van der Waals surface area contributed by atoms with Crippen molar-refractivity contribution in [2.24, 2.45) is 4.99 Å². The molecule has 0 aliphatic heterocycles. The van der Waals surface area contributed by atoms with Crippen LogP contribution in [0.2, 0.25) is 0 Å². The van der Waals surface area contributed by atoms with Crippen molar-refractivity contribution >= 4 is 41.8 Å². The van der Waals surface area contributed by atoms with E-state index in [0.717, 1.165) is 24.9 Å². The fraction of sp³-hybridized carbons (Fsp3) is 0.500. The molecule has 0 saturated heterocycles. The summed E-state index contributed by atoms with van der Waals surface area (Å²) in [6, 6.07) is 7.10. The van der Waals surface area contributed by atoms with Crippen LogP contribution in [0.3, 0.4) is 0 Å². The maximum absolute atomic E-state index is 11.7. The number of rotatable bonds is 8. The molecule has 0 fully saturated rings. The topological polar surface area (TPSA) is 83.0 Å². The number of amides is 1. The van der Waals surface area contributed by atoms with Gasteiger partial charge in [-0.3, -0.25) is 4.79 Å². The van der Waals surface area contributed by atoms with Crippen molar-refractivity contribution in [2.75, 3.05) is 34.3 Å². The number of hydrogen-bond donors (Lipinski definition) is 2. The maximum atomic E-state index is 11.7. The number of benzene rings is 1. The minimum absolute atomic E-state index is 0. The second-order valence-electron chi connectivity index (χ2n) is 5.78. The number of likely N-dealkylation sites (N-methyl/N-ethyl adjacent to an activating group) is 1. The van der Waals surface area contributed by atoms with E-state index in [9.17, 15) is 9.59 Å². The highest BCUT2D eigenvalue weighted by atomic mass is 127. The van der Waals surface area contributed by atoms with Gasteiger partial charge in [-0.05, 0) is 24.1 Å². The molecule has 8 heteroatoms. The number of ether oxygens (including phenoxy) is 1. The Kier molecular flexibility index (Phi) is 12.4. The average molecular weight is 476 g/mol. The van der Waals surface area contributed by atoms with E-state index in [-0.39, 0.29) is 42.4 Å². The van der Waals surface area contributed by atoms with Gasteiger partial charge in [0.25, 0.3) is 0 Å². The first-order valence-corrected chi connectivity index (χ1v) is 8.37. The summed E-state index contributed by atoms with van der Waals surface area (Å²) in [5, 5.41) is 6.26. The molecule has 1 aromatic rings. The zero-order chi connectivity index (χ0) is 18.7. The molecular formula is C18H29IN4O3. The number of aliphatic imine (C=N–C) groups is 1. The standard InChI is InChI=1S/C18H28N4O3.HI/c1-5-6-11-19-18(21-13-16(23)22(2)3)20-12-14-7-9-15(10-8-14)17(24)25-4;/h7-10H,5-6,11-13H2,1-4H3,(H2,19,20,21);1H. The Morgan fingerprint density at radius 2 is 1.81 bits per heavy atom. The minimum atomic E-state index is -0.360. The molecule has 0 radical (unpaired) electrons. The molecule has 1 rings (SSSR count). The number of halogens is 1. The van der Waals surface area contributed by atoms with Gasteiger partial charge in [-0.25, -0.2) is 9.79 Å². The van der Waals surface area contributed by atoms with Gasteiger partial charge in [0.1, 0.15) is 0 Å². The molecule has 0 aliphatic rings. The normalized spacial score (nSPS) is 10.5. The van der Waals surface area contributed by atoms with Crippen LogP contribution in [0.1, 0.15) is 35.7 Å². The lowest BCUT2D eigenvalue weighted by atomic mass is 10.1. The van der Waals surface area contributed by atoms with Gasteiger partial charge in [-0.1, -0.05) is 25.5 Å². The van der Waals surface area contributed by atoms with E-state index in [2.05, 4.69) is 27.3 Å². The number of unbranched alkanes of at least 4 members (excludes halogenated alkanes) is 1. The lowest BCUT2D eigenvalue weighted by molar-refractivity contribution is -0.127. The maximum Gasteiger partial charge on any atom is 0.337 e. The van der Waals surface area contributed by atoms with Crippen LogP contribution < -0.4 is 10.6 Å². The fourth-order valence-corrected chi connectivity index (χ4v) is 1.91. The smallest absolute Gasteiger partial charge is 0.337 e. The lowest BCUT2D eigenvalue weighted by Gasteiger charge is -2.15. The summed E-state index contributed by atoms with van der Waals surface area (Å²) in [4.78, 5) is 29.2. The van der Waals surface area contributed by atoms with Crippen LogP contribution in [0.5, 0.6) is 0 Å². The Balaban J connectivity index is 0.00000625. The van der Waals surface area contributed by atoms with Crippen LogP contribution in [0.4, 0.5) is 0 Å². The SMILES string of the molecule is CCCCNC(=NCc1ccc(C(=O)OC)cc1)NCC(=O)N(C)C.I. The summed E-state index contributed by atoms with van der Waals surface area (Å²) in [6.07, 6.45) is 2.10. The van der Waals surface area contributed by atoms with Crippen molar-refractivity contribution in [3.05, 3.63) is 35.4 Å². The third-order valence-corrected chi connectivity index (χ3v) is 3.52. The first-order chi connectivity index (χ1) is 12.0. The molecule has 0 heterocycles. The summed E-state index contributed by atoms with van der Waals surface area (Å²) in [5.41, 5.74) is 1.47. The summed E-state index contributed by atoms with van der Waals surface area (Å²) in [6.45, 7) is 3.54. The van der Waals surface area contributed by atoms with Crippen LogP contribution in [0.15, 0.2) is 29.3 Å². The number of carbonyl (C=O) groups is 2. The highest BCUT2D eigenvalue weighted by molar-refractivity contribution is 14.0. The predicted octanol–water partition coefficient (Wildman–Crippen LogP) is 2.01. The van der Waals surface area contributed by atoms with E-state index in [0.29, 0.717) is 18.1 Å². The number of esters is 1. The molecule has 26 heavy (non-hydrogen) atoms. The van der Waals surface area contributed by atoms with Gasteiger partial charge in [0.05, 0.1) is 25.8 Å². The van der Waals surface area contributed by atoms with Crippen LogP contribution in [-0.2, 0) is 16.1 Å². The van der Waals surface area contributed by atoms with Gasteiger partial charge in [0.2, 0.25) is 5.91 Å². The van der Waals surface area contributed by atoms with E-state index in [4.69, 9.17) is 0 Å². The van der Waals surface area contributed by atoms with Gasteiger partial charge in [-0.2, -0.15) is 0 Å². The predicted molar refractivity (Wildman–Crippen MR) is 114 cm³/mol. The van der Waals surface area contributed by atoms with E-state index in [1.165, 1.54) is 12.0 Å². The number of hydrogen-bond acceptors (Lipinski definition) is 4. The molecule has 0 spiro atoms. The quantitative estimate of drug-likeness (QED) is 0.197. The zero-order valence-corrected chi connectivity index (χ0v) is 18.2. The van der Waals surface area contributed by atoms with Crippen molar-refractivity contribution in [3.63, 3.8) is 0 Å². The average Bonchev–Trinajstić information content (AvgIpc) is 2.62. The lowest BCUT2D eigenvalue weighted by Crippen LogP contribution is -2.43. The molecule has 146 valence electrons. The number of carbonyl (C=O) groups excluding carboxylic acids is 2. The van der Waals surface area contributed by atoms with E-state index in [1.54, 1.807) is 26.2 Å². The van der Waals surface area contributed by atoms with Crippen molar-refractivity contribution in [1.82, 2.24) is 15.5 Å². The number of methoxy groups -OCH3 is 1. The van der Waals surface area contributed by atoms with Gasteiger partial charge >= 0.3 is 5.97 Å². The summed E-state index contributed by atoms with van der Waals surface area (Å²) in [5.74, 6) is 0.217. The Morgan fingerprint density at radius 1 is 1.15 bits per heavy atom. The molecular weight excluding hydrogens is 447 g/mol. The van der Waals surface area contributed by atoms with Gasteiger partial charge in [0, 0.05) is 20.6 Å². The van der Waals surface area contributed by atoms with E-state index >= 15 is 0 Å². The van der Waals surface area contributed by atoms with Crippen LogP contribution in [0.25, 0.3) is 0 Å². The summed E-state index contributed by atoms with van der Waals surface area (Å²) >= 11 is 0. The molecule has 2 N–H and O–H groups in total. The first-order valence-electron chi connectivity index (χ1n) is 8.37. The van der Waals surface area contributed by atoms with E-state index < -0.39 is 0 Å². The minimum Gasteiger partial charge on any atom is -0.465 e. The Bertz CT molecular complexity index is 589. The summed E-state index contributed by atoms with van der Waals surface area (Å²) < 4.78 is 4.68. The second kappa shape index (κ2) is 13.4. The summed E-state index contributed by atoms with van der Waals surface area (Å²) in [7, 11) is 4.79. The Morgan fingerprint density at radius 3 is 2.35 bits per heavy atom. The highest BCUT2D eigenvalue weighted by Crippen LogP contribution is 2.06. The molecule has 1 aromatic carbocycles. The van der Waals surface area contributed by atoms with E-state index in [1.807, 2.05) is 12.1 Å². The van der Waals surface area contributed by atoms with Crippen molar-refractivity contribution in [3.8, 4) is 0 Å². The third kappa shape index (κ3) is 9.02.